The van der Waals surface area contributed by atoms with Crippen LogP contribution in [0.5, 0.6) is 11.5 Å². The van der Waals surface area contributed by atoms with E-state index in [4.69, 9.17) is 9.47 Å². The number of aromatic nitrogens is 2. The van der Waals surface area contributed by atoms with Crippen LogP contribution in [-0.2, 0) is 6.54 Å². The molecule has 1 amide bonds. The number of carboxylic acid groups (broad SMARTS) is 1. The zero-order valence-electron chi connectivity index (χ0n) is 17.9. The second-order valence-electron chi connectivity index (χ2n) is 8.66. The van der Waals surface area contributed by atoms with Crippen LogP contribution >= 0.6 is 0 Å². The maximum absolute atomic E-state index is 12.5. The lowest BCUT2D eigenvalue weighted by molar-refractivity contribution is 0.0128. The first kappa shape index (κ1) is 21.7. The maximum atomic E-state index is 12.5. The van der Waals surface area contributed by atoms with E-state index in [0.717, 1.165) is 11.3 Å². The van der Waals surface area contributed by atoms with Crippen LogP contribution in [0, 0.1) is 5.41 Å². The zero-order chi connectivity index (χ0) is 21.9. The molecule has 3 rings (SSSR count). The fourth-order valence-electron chi connectivity index (χ4n) is 3.79. The molecule has 0 aliphatic carbocycles. The van der Waals surface area contributed by atoms with Crippen LogP contribution in [0.15, 0.2) is 41.3 Å². The minimum absolute atomic E-state index is 0.155. The lowest BCUT2D eigenvalue weighted by Gasteiger charge is -2.44. The van der Waals surface area contributed by atoms with Crippen molar-refractivity contribution in [2.45, 2.75) is 52.3 Å². The summed E-state index contributed by atoms with van der Waals surface area (Å²) in [5.74, 6) is 1.16. The predicted molar refractivity (Wildman–Crippen MR) is 112 cm³/mol. The van der Waals surface area contributed by atoms with Crippen LogP contribution < -0.4 is 15.0 Å². The quantitative estimate of drug-likeness (QED) is 0.806. The Balaban J connectivity index is 1.68. The Labute approximate surface area is 176 Å². The minimum atomic E-state index is -0.906. The molecule has 1 aliphatic heterocycles. The van der Waals surface area contributed by atoms with Gasteiger partial charge in [0.25, 0.3) is 5.56 Å². The lowest BCUT2D eigenvalue weighted by atomic mass is 9.80. The first-order valence-corrected chi connectivity index (χ1v) is 10.0. The Morgan fingerprint density at radius 1 is 1.23 bits per heavy atom. The van der Waals surface area contributed by atoms with Gasteiger partial charge in [-0.1, -0.05) is 32.9 Å². The van der Waals surface area contributed by atoms with Crippen LogP contribution in [0.3, 0.4) is 0 Å². The first-order chi connectivity index (χ1) is 14.2. The van der Waals surface area contributed by atoms with Crippen LogP contribution in [0.25, 0.3) is 0 Å². The highest BCUT2D eigenvalue weighted by Crippen LogP contribution is 2.33. The highest BCUT2D eigenvalue weighted by Gasteiger charge is 2.39. The van der Waals surface area contributed by atoms with E-state index in [1.165, 1.54) is 15.6 Å². The van der Waals surface area contributed by atoms with Crippen molar-refractivity contribution in [2.24, 2.45) is 5.41 Å². The molecule has 1 aromatic heterocycles. The van der Waals surface area contributed by atoms with Crippen LogP contribution in [0.4, 0.5) is 4.79 Å². The summed E-state index contributed by atoms with van der Waals surface area (Å²) in [4.78, 5) is 25.5. The van der Waals surface area contributed by atoms with Crippen LogP contribution in [0.2, 0.25) is 0 Å². The van der Waals surface area contributed by atoms with E-state index in [1.54, 1.807) is 13.3 Å². The average Bonchev–Trinajstić information content (AvgIpc) is 2.70. The van der Waals surface area contributed by atoms with E-state index >= 15 is 0 Å². The van der Waals surface area contributed by atoms with Gasteiger partial charge in [-0.25, -0.2) is 9.48 Å². The second kappa shape index (κ2) is 8.77. The van der Waals surface area contributed by atoms with Crippen molar-refractivity contribution < 1.29 is 19.4 Å². The molecule has 30 heavy (non-hydrogen) atoms. The Kier molecular flexibility index (Phi) is 6.34. The summed E-state index contributed by atoms with van der Waals surface area (Å²) >= 11 is 0. The largest absolute Gasteiger partial charge is 0.497 e. The lowest BCUT2D eigenvalue weighted by Crippen LogP contribution is -2.53. The molecule has 2 aromatic rings. The summed E-state index contributed by atoms with van der Waals surface area (Å²) < 4.78 is 12.5. The van der Waals surface area contributed by atoms with Crippen LogP contribution in [0.1, 0.15) is 39.2 Å². The Bertz CT molecular complexity index is 933. The van der Waals surface area contributed by atoms with Gasteiger partial charge in [0, 0.05) is 31.5 Å². The van der Waals surface area contributed by atoms with E-state index in [9.17, 15) is 14.7 Å². The molecule has 162 valence electrons. The molecule has 2 atom stereocenters. The number of ether oxygens (including phenoxy) is 2. The summed E-state index contributed by atoms with van der Waals surface area (Å²) in [5, 5.41) is 13.7. The van der Waals surface area contributed by atoms with Gasteiger partial charge in [0.15, 0.2) is 0 Å². The molecule has 8 nitrogen and oxygen atoms in total. The third-order valence-electron chi connectivity index (χ3n) is 5.44. The van der Waals surface area contributed by atoms with E-state index in [1.807, 2.05) is 45.0 Å². The molecular weight excluding hydrogens is 386 g/mol. The van der Waals surface area contributed by atoms with E-state index in [-0.39, 0.29) is 23.1 Å². The van der Waals surface area contributed by atoms with Gasteiger partial charge in [0.2, 0.25) is 0 Å². The Morgan fingerprint density at radius 2 is 1.93 bits per heavy atom. The summed E-state index contributed by atoms with van der Waals surface area (Å²) in [6.45, 7) is 6.84. The van der Waals surface area contributed by atoms with Gasteiger partial charge in [0.1, 0.15) is 17.6 Å². The molecule has 0 bridgehead atoms. The normalized spacial score (nSPS) is 19.4. The third kappa shape index (κ3) is 5.11. The van der Waals surface area contributed by atoms with Crippen LogP contribution in [-0.4, -0.2) is 51.7 Å². The van der Waals surface area contributed by atoms with Crippen molar-refractivity contribution in [3.63, 3.8) is 0 Å². The molecular formula is C22H29N3O5. The number of hydrogen-bond acceptors (Lipinski definition) is 5. The number of methoxy groups -OCH3 is 1. The van der Waals surface area contributed by atoms with E-state index < -0.39 is 6.09 Å². The standard InChI is InChI=1S/C22H29N3O5/c1-22(2,3)19-11-17(9-10-24(19)21(27)28)30-18-12-20(26)25(23-13-18)14-15-5-7-16(29-4)8-6-15/h5-8,12-13,17,19H,9-11,14H2,1-4H3,(H,27,28). The van der Waals surface area contributed by atoms with Gasteiger partial charge < -0.3 is 19.5 Å². The van der Waals surface area contributed by atoms with Gasteiger partial charge >= 0.3 is 6.09 Å². The Hall–Kier alpha value is -3.03. The van der Waals surface area contributed by atoms with Crippen molar-refractivity contribution in [3.05, 3.63) is 52.4 Å². The summed E-state index contributed by atoms with van der Waals surface area (Å²) in [5.41, 5.74) is 0.479. The summed E-state index contributed by atoms with van der Waals surface area (Å²) in [6, 6.07) is 8.74. The number of nitrogens with zero attached hydrogens (tertiary/aromatic N) is 3. The topological polar surface area (TPSA) is 93.9 Å². The smallest absolute Gasteiger partial charge is 0.407 e. The van der Waals surface area contributed by atoms with Crippen molar-refractivity contribution >= 4 is 6.09 Å². The molecule has 1 aliphatic rings. The summed E-state index contributed by atoms with van der Waals surface area (Å²) in [7, 11) is 1.61. The molecule has 2 heterocycles. The number of rotatable bonds is 5. The number of likely N-dealkylation sites (tertiary alicyclic amines) is 1. The van der Waals surface area contributed by atoms with Gasteiger partial charge in [-0.05, 0) is 23.1 Å². The molecule has 1 fully saturated rings. The minimum Gasteiger partial charge on any atom is -0.497 e. The second-order valence-corrected chi connectivity index (χ2v) is 8.66. The van der Waals surface area contributed by atoms with Crippen molar-refractivity contribution in [1.29, 1.82) is 0 Å². The first-order valence-electron chi connectivity index (χ1n) is 10.0. The molecule has 8 heteroatoms. The van der Waals surface area contributed by atoms with Gasteiger partial charge in [-0.15, -0.1) is 0 Å². The fourth-order valence-corrected chi connectivity index (χ4v) is 3.79. The summed E-state index contributed by atoms with van der Waals surface area (Å²) in [6.07, 6.45) is 1.62. The molecule has 1 saturated heterocycles. The monoisotopic (exact) mass is 415 g/mol. The highest BCUT2D eigenvalue weighted by atomic mass is 16.5. The molecule has 2 unspecified atom stereocenters. The fraction of sp³-hybridized carbons (Fsp3) is 0.500. The van der Waals surface area contributed by atoms with Gasteiger partial charge in [-0.2, -0.15) is 5.10 Å². The number of piperidine rings is 1. The number of carbonyl (C=O) groups is 1. The highest BCUT2D eigenvalue weighted by molar-refractivity contribution is 5.65. The Morgan fingerprint density at radius 3 is 2.50 bits per heavy atom. The number of hydrogen-bond donors (Lipinski definition) is 1. The van der Waals surface area contributed by atoms with Crippen molar-refractivity contribution in [1.82, 2.24) is 14.7 Å². The number of benzene rings is 1. The van der Waals surface area contributed by atoms with Gasteiger partial charge in [0.05, 0.1) is 19.9 Å². The van der Waals surface area contributed by atoms with E-state index in [0.29, 0.717) is 31.7 Å². The molecule has 0 saturated carbocycles. The SMILES string of the molecule is COc1ccc(Cn2ncc(OC3CCN(C(=O)O)C(C(C)(C)C)C3)cc2=O)cc1. The average molecular weight is 415 g/mol. The number of amides is 1. The zero-order valence-corrected chi connectivity index (χ0v) is 17.9. The third-order valence-corrected chi connectivity index (χ3v) is 5.44. The molecule has 1 aromatic carbocycles. The maximum Gasteiger partial charge on any atom is 0.407 e. The molecule has 0 radical (unpaired) electrons. The van der Waals surface area contributed by atoms with E-state index in [2.05, 4.69) is 5.10 Å². The molecule has 0 spiro atoms. The molecule has 1 N–H and O–H groups in total. The van der Waals surface area contributed by atoms with Crippen molar-refractivity contribution in [3.8, 4) is 11.5 Å². The predicted octanol–water partition coefficient (Wildman–Crippen LogP) is 3.24. The van der Waals surface area contributed by atoms with Crippen molar-refractivity contribution in [2.75, 3.05) is 13.7 Å². The van der Waals surface area contributed by atoms with Gasteiger partial charge in [-0.3, -0.25) is 4.79 Å².